The Balaban J connectivity index is 0.000000240. The van der Waals surface area contributed by atoms with Crippen molar-refractivity contribution in [2.45, 2.75) is 0 Å². The molecule has 0 amide bonds. The molecule has 0 radical (unpaired) electrons. The predicted molar refractivity (Wildman–Crippen MR) is 110 cm³/mol. The van der Waals surface area contributed by atoms with Gasteiger partial charge < -0.3 is 19.6 Å². The molecule has 0 bridgehead atoms. The summed E-state index contributed by atoms with van der Waals surface area (Å²) in [6, 6.07) is 17.0. The van der Waals surface area contributed by atoms with Crippen LogP contribution in [0.25, 0.3) is 0 Å². The molecule has 0 atom stereocenters. The molecule has 0 N–H and O–H groups in total. The molecule has 2 rings (SSSR count). The Morgan fingerprint density at radius 3 is 0.542 bits per heavy atom. The molecule has 2 aromatic rings. The fourth-order valence-electron chi connectivity index (χ4n) is 2.10. The average Bonchev–Trinajstić information content (AvgIpc) is 2.55. The van der Waals surface area contributed by atoms with Crippen molar-refractivity contribution < 1.29 is 0 Å². The van der Waals surface area contributed by atoms with Crippen LogP contribution in [0.2, 0.25) is 0 Å². The lowest BCUT2D eigenvalue weighted by Crippen LogP contribution is -2.10. The molecular weight excluding hydrogens is 296 g/mol. The molecule has 0 fully saturated rings. The molecule has 0 saturated carbocycles. The monoisotopic (exact) mass is 328 g/mol. The third kappa shape index (κ3) is 6.03. The molecule has 4 heteroatoms. The molecule has 0 aliphatic carbocycles. The first kappa shape index (κ1) is 19.7. The second-order valence-electron chi connectivity index (χ2n) is 6.61. The fourth-order valence-corrected chi connectivity index (χ4v) is 2.10. The zero-order chi connectivity index (χ0) is 18.3. The van der Waals surface area contributed by atoms with E-state index in [4.69, 9.17) is 0 Å². The fraction of sp³-hybridized carbons (Fsp3) is 0.400. The maximum atomic E-state index is 2.12. The number of rotatable bonds is 4. The minimum absolute atomic E-state index is 1.24. The molecule has 2 aromatic carbocycles. The molecule has 0 aliphatic rings. The van der Waals surface area contributed by atoms with Crippen LogP contribution in [0.1, 0.15) is 0 Å². The summed E-state index contributed by atoms with van der Waals surface area (Å²) in [5, 5.41) is 0. The van der Waals surface area contributed by atoms with Gasteiger partial charge in [-0.3, -0.25) is 0 Å². The van der Waals surface area contributed by atoms with Crippen molar-refractivity contribution in [3.05, 3.63) is 48.5 Å². The van der Waals surface area contributed by atoms with Crippen LogP contribution in [-0.2, 0) is 0 Å². The van der Waals surface area contributed by atoms with Crippen LogP contribution in [0, 0.1) is 0 Å². The van der Waals surface area contributed by atoms with Crippen molar-refractivity contribution in [2.24, 2.45) is 0 Å². The summed E-state index contributed by atoms with van der Waals surface area (Å²) in [5.74, 6) is 0. The van der Waals surface area contributed by atoms with Crippen LogP contribution in [0.3, 0.4) is 0 Å². The first-order valence-electron chi connectivity index (χ1n) is 8.11. The van der Waals surface area contributed by atoms with E-state index in [1.807, 2.05) is 56.4 Å². The quantitative estimate of drug-likeness (QED) is 0.849. The van der Waals surface area contributed by atoms with E-state index in [9.17, 15) is 0 Å². The highest BCUT2D eigenvalue weighted by Gasteiger charge is 1.97. The molecule has 0 aliphatic heterocycles. The minimum atomic E-state index is 1.24. The van der Waals surface area contributed by atoms with Gasteiger partial charge in [-0.2, -0.15) is 0 Å². The van der Waals surface area contributed by atoms with Gasteiger partial charge in [-0.15, -0.1) is 0 Å². The first-order chi connectivity index (χ1) is 11.2. The van der Waals surface area contributed by atoms with Crippen molar-refractivity contribution in [2.75, 3.05) is 76.0 Å². The lowest BCUT2D eigenvalue weighted by atomic mass is 10.2. The number of benzene rings is 2. The molecule has 4 nitrogen and oxygen atoms in total. The van der Waals surface area contributed by atoms with E-state index in [0.29, 0.717) is 0 Å². The van der Waals surface area contributed by atoms with Gasteiger partial charge in [0.25, 0.3) is 0 Å². The molecule has 0 unspecified atom stereocenters. The van der Waals surface area contributed by atoms with Crippen LogP contribution < -0.4 is 19.6 Å². The summed E-state index contributed by atoms with van der Waals surface area (Å²) >= 11 is 0. The topological polar surface area (TPSA) is 13.0 Å². The number of anilines is 4. The Labute approximate surface area is 147 Å². The second-order valence-corrected chi connectivity index (χ2v) is 6.61. The van der Waals surface area contributed by atoms with Crippen LogP contribution in [-0.4, -0.2) is 56.4 Å². The summed E-state index contributed by atoms with van der Waals surface area (Å²) < 4.78 is 0. The number of hydrogen-bond acceptors (Lipinski definition) is 4. The standard InChI is InChI=1S/2C10H16N2/c2*1-11(2)9-5-7-10(8-6-9)12(3)4/h2*5-8H,1-4H3. The molecule has 0 heterocycles. The minimum Gasteiger partial charge on any atom is -0.378 e. The Bertz CT molecular complexity index is 475. The highest BCUT2D eigenvalue weighted by Crippen LogP contribution is 2.17. The molecule has 24 heavy (non-hydrogen) atoms. The maximum Gasteiger partial charge on any atom is 0.0362 e. The van der Waals surface area contributed by atoms with E-state index in [2.05, 4.69) is 68.1 Å². The van der Waals surface area contributed by atoms with Gasteiger partial charge in [0.1, 0.15) is 0 Å². The normalized spacial score (nSPS) is 9.67. The molecule has 0 aromatic heterocycles. The van der Waals surface area contributed by atoms with Gasteiger partial charge in [-0.1, -0.05) is 0 Å². The van der Waals surface area contributed by atoms with Crippen LogP contribution in [0.4, 0.5) is 22.7 Å². The maximum absolute atomic E-state index is 2.12. The largest absolute Gasteiger partial charge is 0.378 e. The van der Waals surface area contributed by atoms with E-state index in [1.165, 1.54) is 22.7 Å². The third-order valence-corrected chi connectivity index (χ3v) is 3.77. The van der Waals surface area contributed by atoms with Gasteiger partial charge in [0.15, 0.2) is 0 Å². The second kappa shape index (κ2) is 9.06. The lowest BCUT2D eigenvalue weighted by Gasteiger charge is -2.16. The average molecular weight is 329 g/mol. The van der Waals surface area contributed by atoms with Crippen LogP contribution in [0.5, 0.6) is 0 Å². The van der Waals surface area contributed by atoms with E-state index in [-0.39, 0.29) is 0 Å². The van der Waals surface area contributed by atoms with Gasteiger partial charge in [0.2, 0.25) is 0 Å². The van der Waals surface area contributed by atoms with Crippen molar-refractivity contribution in [1.82, 2.24) is 0 Å². The summed E-state index contributed by atoms with van der Waals surface area (Å²) in [4.78, 5) is 8.39. The van der Waals surface area contributed by atoms with Gasteiger partial charge in [-0.25, -0.2) is 0 Å². The molecule has 132 valence electrons. The van der Waals surface area contributed by atoms with Crippen LogP contribution in [0.15, 0.2) is 48.5 Å². The predicted octanol–water partition coefficient (Wildman–Crippen LogP) is 3.64. The summed E-state index contributed by atoms with van der Waals surface area (Å²) in [6.07, 6.45) is 0. The van der Waals surface area contributed by atoms with Crippen molar-refractivity contribution in [1.29, 1.82) is 0 Å². The number of hydrogen-bond donors (Lipinski definition) is 0. The van der Waals surface area contributed by atoms with Gasteiger partial charge in [0.05, 0.1) is 0 Å². The first-order valence-corrected chi connectivity index (χ1v) is 8.11. The van der Waals surface area contributed by atoms with E-state index >= 15 is 0 Å². The summed E-state index contributed by atoms with van der Waals surface area (Å²) in [5.41, 5.74) is 4.95. The highest BCUT2D eigenvalue weighted by molar-refractivity contribution is 5.55. The Hall–Kier alpha value is -2.36. The van der Waals surface area contributed by atoms with Crippen molar-refractivity contribution >= 4 is 22.7 Å². The molecule has 0 saturated heterocycles. The molecule has 0 spiro atoms. The Kier molecular flexibility index (Phi) is 7.43. The van der Waals surface area contributed by atoms with Crippen LogP contribution >= 0.6 is 0 Å². The van der Waals surface area contributed by atoms with Crippen molar-refractivity contribution in [3.63, 3.8) is 0 Å². The Morgan fingerprint density at radius 2 is 0.458 bits per heavy atom. The van der Waals surface area contributed by atoms with Gasteiger partial charge >= 0.3 is 0 Å². The lowest BCUT2D eigenvalue weighted by molar-refractivity contribution is 1.11. The smallest absolute Gasteiger partial charge is 0.0362 e. The highest BCUT2D eigenvalue weighted by atomic mass is 15.1. The van der Waals surface area contributed by atoms with Crippen molar-refractivity contribution in [3.8, 4) is 0 Å². The van der Waals surface area contributed by atoms with Gasteiger partial charge in [-0.05, 0) is 48.5 Å². The summed E-state index contributed by atoms with van der Waals surface area (Å²) in [7, 11) is 16.4. The third-order valence-electron chi connectivity index (χ3n) is 3.77. The van der Waals surface area contributed by atoms with E-state index in [0.717, 1.165) is 0 Å². The molecular formula is C20H32N4. The van der Waals surface area contributed by atoms with Gasteiger partial charge in [0, 0.05) is 79.1 Å². The Morgan fingerprint density at radius 1 is 0.333 bits per heavy atom. The number of nitrogens with zero attached hydrogens (tertiary/aromatic N) is 4. The van der Waals surface area contributed by atoms with E-state index < -0.39 is 0 Å². The zero-order valence-corrected chi connectivity index (χ0v) is 16.4. The van der Waals surface area contributed by atoms with E-state index in [1.54, 1.807) is 0 Å². The summed E-state index contributed by atoms with van der Waals surface area (Å²) in [6.45, 7) is 0. The zero-order valence-electron chi connectivity index (χ0n) is 16.4. The SMILES string of the molecule is CN(C)c1ccc(N(C)C)cc1.CN(C)c1ccc(N(C)C)cc1.